The molecule has 0 spiro atoms. The summed E-state index contributed by atoms with van der Waals surface area (Å²) in [6, 6.07) is 0. The summed E-state index contributed by atoms with van der Waals surface area (Å²) in [6.45, 7) is 3.56. The Hall–Kier alpha value is 0.570. The Morgan fingerprint density at radius 3 is 2.28 bits per heavy atom. The number of aromatic nitrogens is 2. The normalized spacial score (nSPS) is 11.4. The van der Waals surface area contributed by atoms with E-state index in [4.69, 9.17) is 5.73 Å². The van der Waals surface area contributed by atoms with Gasteiger partial charge in [-0.2, -0.15) is 0 Å². The van der Waals surface area contributed by atoms with Crippen molar-refractivity contribution in [2.75, 3.05) is 6.54 Å². The van der Waals surface area contributed by atoms with Crippen LogP contribution in [0.3, 0.4) is 0 Å². The van der Waals surface area contributed by atoms with Crippen LogP contribution in [0.4, 0.5) is 0 Å². The molecule has 18 heavy (non-hydrogen) atoms. The summed E-state index contributed by atoms with van der Waals surface area (Å²) in [6.07, 6.45) is 0.935. The van der Waals surface area contributed by atoms with Crippen molar-refractivity contribution >= 4 is 74.8 Å². The Balaban J connectivity index is 2.77. The van der Waals surface area contributed by atoms with Gasteiger partial charge >= 0.3 is 0 Å². The Kier molecular flexibility index (Phi) is 4.91. The molecule has 1 aromatic carbocycles. The number of imidazole rings is 1. The maximum atomic E-state index is 5.59. The van der Waals surface area contributed by atoms with Crippen molar-refractivity contribution in [3.63, 3.8) is 0 Å². The average Bonchev–Trinajstić information content (AvgIpc) is 2.68. The summed E-state index contributed by atoms with van der Waals surface area (Å²) in [5.74, 6) is 0.991. The number of fused-ring (bicyclic) bond motifs is 1. The molecule has 0 saturated carbocycles. The molecule has 0 amide bonds. The summed E-state index contributed by atoms with van der Waals surface area (Å²) in [7, 11) is 0. The van der Waals surface area contributed by atoms with Crippen molar-refractivity contribution in [1.29, 1.82) is 0 Å². The van der Waals surface area contributed by atoms with Crippen LogP contribution >= 0.6 is 63.7 Å². The van der Waals surface area contributed by atoms with Gasteiger partial charge < -0.3 is 10.3 Å². The van der Waals surface area contributed by atoms with Crippen molar-refractivity contribution in [3.8, 4) is 0 Å². The molecular weight excluding hydrogens is 494 g/mol. The van der Waals surface area contributed by atoms with E-state index in [-0.39, 0.29) is 0 Å². The SMILES string of the molecule is Cc1nc2c(Br)c(Br)c(Br)c(Br)c2n1CCCN. The molecule has 1 heterocycles. The van der Waals surface area contributed by atoms with Crippen molar-refractivity contribution in [2.45, 2.75) is 19.9 Å². The molecular formula is C11H11Br4N3. The molecule has 7 heteroatoms. The van der Waals surface area contributed by atoms with E-state index < -0.39 is 0 Å². The largest absolute Gasteiger partial charge is 0.330 e. The highest BCUT2D eigenvalue weighted by molar-refractivity contribution is 9.15. The molecule has 1 aromatic heterocycles. The summed E-state index contributed by atoms with van der Waals surface area (Å²) >= 11 is 14.3. The third-order valence-corrected chi connectivity index (χ3v) is 7.46. The zero-order valence-corrected chi connectivity index (χ0v) is 15.9. The molecule has 0 unspecified atom stereocenters. The van der Waals surface area contributed by atoms with E-state index >= 15 is 0 Å². The summed E-state index contributed by atoms with van der Waals surface area (Å²) in [4.78, 5) is 4.62. The predicted molar refractivity (Wildman–Crippen MR) is 88.9 cm³/mol. The zero-order chi connectivity index (χ0) is 13.4. The number of benzene rings is 1. The van der Waals surface area contributed by atoms with Crippen LogP contribution in [0.1, 0.15) is 12.2 Å². The molecule has 0 aliphatic heterocycles. The smallest absolute Gasteiger partial charge is 0.106 e. The van der Waals surface area contributed by atoms with Crippen molar-refractivity contribution in [1.82, 2.24) is 9.55 Å². The van der Waals surface area contributed by atoms with E-state index in [1.807, 2.05) is 6.92 Å². The highest BCUT2D eigenvalue weighted by Crippen LogP contribution is 2.43. The lowest BCUT2D eigenvalue weighted by Gasteiger charge is -2.10. The van der Waals surface area contributed by atoms with Crippen LogP contribution in [0.2, 0.25) is 0 Å². The van der Waals surface area contributed by atoms with Gasteiger partial charge in [0, 0.05) is 15.5 Å². The first kappa shape index (κ1) is 15.0. The first-order valence-corrected chi connectivity index (χ1v) is 8.55. The zero-order valence-electron chi connectivity index (χ0n) is 9.60. The molecule has 2 rings (SSSR count). The number of aryl methyl sites for hydroxylation is 2. The van der Waals surface area contributed by atoms with Crippen LogP contribution in [0.15, 0.2) is 17.9 Å². The molecule has 0 aliphatic carbocycles. The van der Waals surface area contributed by atoms with Gasteiger partial charge in [0.25, 0.3) is 0 Å². The standard InChI is InChI=1S/C11H11Br4N3/c1-5-17-10-8(14)6(12)7(13)9(15)11(10)18(5)4-2-3-16/h2-4,16H2,1H3. The second-order valence-corrected chi connectivity index (χ2v) is 7.08. The van der Waals surface area contributed by atoms with Crippen molar-refractivity contribution < 1.29 is 0 Å². The minimum absolute atomic E-state index is 0.676. The van der Waals surface area contributed by atoms with E-state index in [0.717, 1.165) is 47.7 Å². The molecule has 0 aliphatic rings. The van der Waals surface area contributed by atoms with Gasteiger partial charge in [0.05, 0.1) is 14.5 Å². The van der Waals surface area contributed by atoms with Crippen LogP contribution in [0.5, 0.6) is 0 Å². The van der Waals surface area contributed by atoms with Gasteiger partial charge in [-0.05, 0) is 83.6 Å². The number of nitrogens with zero attached hydrogens (tertiary/aromatic N) is 2. The van der Waals surface area contributed by atoms with E-state index in [2.05, 4.69) is 73.3 Å². The van der Waals surface area contributed by atoms with Gasteiger partial charge in [-0.3, -0.25) is 0 Å². The van der Waals surface area contributed by atoms with Crippen LogP contribution in [-0.2, 0) is 6.54 Å². The lowest BCUT2D eigenvalue weighted by Crippen LogP contribution is -2.07. The van der Waals surface area contributed by atoms with E-state index in [1.165, 1.54) is 0 Å². The van der Waals surface area contributed by atoms with Gasteiger partial charge in [-0.1, -0.05) is 0 Å². The van der Waals surface area contributed by atoms with Crippen LogP contribution in [0.25, 0.3) is 11.0 Å². The molecule has 0 fully saturated rings. The van der Waals surface area contributed by atoms with Crippen LogP contribution in [0, 0.1) is 6.92 Å². The minimum Gasteiger partial charge on any atom is -0.330 e. The van der Waals surface area contributed by atoms with E-state index in [9.17, 15) is 0 Å². The van der Waals surface area contributed by atoms with Crippen molar-refractivity contribution in [3.05, 3.63) is 23.7 Å². The highest BCUT2D eigenvalue weighted by atomic mass is 79.9. The fourth-order valence-electron chi connectivity index (χ4n) is 1.86. The Morgan fingerprint density at radius 2 is 1.67 bits per heavy atom. The molecule has 2 N–H and O–H groups in total. The molecule has 0 saturated heterocycles. The maximum Gasteiger partial charge on any atom is 0.106 e. The van der Waals surface area contributed by atoms with Gasteiger partial charge in [0.15, 0.2) is 0 Å². The average molecular weight is 505 g/mol. The van der Waals surface area contributed by atoms with Crippen LogP contribution < -0.4 is 5.73 Å². The Morgan fingerprint density at radius 1 is 1.06 bits per heavy atom. The summed E-state index contributed by atoms with van der Waals surface area (Å²) < 4.78 is 6.10. The molecule has 0 radical (unpaired) electrons. The fourth-order valence-corrected chi connectivity index (χ4v) is 4.24. The number of rotatable bonds is 3. The lowest BCUT2D eigenvalue weighted by atomic mass is 10.3. The predicted octanol–water partition coefficient (Wildman–Crippen LogP) is 4.74. The monoisotopic (exact) mass is 501 g/mol. The highest BCUT2D eigenvalue weighted by Gasteiger charge is 2.19. The van der Waals surface area contributed by atoms with Gasteiger partial charge in [-0.15, -0.1) is 0 Å². The number of nitrogens with two attached hydrogens (primary N) is 1. The van der Waals surface area contributed by atoms with E-state index in [1.54, 1.807) is 0 Å². The third kappa shape index (κ3) is 2.44. The summed E-state index contributed by atoms with van der Waals surface area (Å²) in [5.41, 5.74) is 7.63. The number of halogens is 4. The van der Waals surface area contributed by atoms with E-state index in [0.29, 0.717) is 6.54 Å². The van der Waals surface area contributed by atoms with Gasteiger partial charge in [-0.25, -0.2) is 4.98 Å². The fraction of sp³-hybridized carbons (Fsp3) is 0.364. The minimum atomic E-state index is 0.676. The summed E-state index contributed by atoms with van der Waals surface area (Å²) in [5, 5.41) is 0. The second-order valence-electron chi connectivity index (χ2n) is 3.91. The van der Waals surface area contributed by atoms with Crippen LogP contribution in [-0.4, -0.2) is 16.1 Å². The van der Waals surface area contributed by atoms with Gasteiger partial charge in [0.2, 0.25) is 0 Å². The Labute approximate surface area is 139 Å². The quantitative estimate of drug-likeness (QED) is 0.485. The first-order valence-electron chi connectivity index (χ1n) is 5.37. The third-order valence-electron chi connectivity index (χ3n) is 2.74. The molecule has 0 atom stereocenters. The molecule has 3 nitrogen and oxygen atoms in total. The second kappa shape index (κ2) is 5.91. The molecule has 98 valence electrons. The molecule has 0 bridgehead atoms. The first-order chi connectivity index (χ1) is 8.49. The number of hydrogen-bond donors (Lipinski definition) is 1. The van der Waals surface area contributed by atoms with Crippen molar-refractivity contribution in [2.24, 2.45) is 5.73 Å². The maximum absolute atomic E-state index is 5.59. The molecule has 2 aromatic rings. The lowest BCUT2D eigenvalue weighted by molar-refractivity contribution is 0.648. The topological polar surface area (TPSA) is 43.8 Å². The van der Waals surface area contributed by atoms with Gasteiger partial charge in [0.1, 0.15) is 11.3 Å². The Bertz CT molecular complexity index is 606. The number of hydrogen-bond acceptors (Lipinski definition) is 2.